The number of hydrogen-bond donors (Lipinski definition) is 1. The SMILES string of the molecule is CC(SCc1ccccc1)C(=O)Nn1cnc2ccccc21. The van der Waals surface area contributed by atoms with Crippen LogP contribution in [0.3, 0.4) is 0 Å². The minimum absolute atomic E-state index is 0.0240. The minimum Gasteiger partial charge on any atom is -0.272 e. The topological polar surface area (TPSA) is 46.9 Å². The van der Waals surface area contributed by atoms with Gasteiger partial charge in [-0.05, 0) is 24.6 Å². The monoisotopic (exact) mass is 311 g/mol. The van der Waals surface area contributed by atoms with Gasteiger partial charge in [0.1, 0.15) is 6.33 Å². The van der Waals surface area contributed by atoms with Crippen LogP contribution in [0.2, 0.25) is 0 Å². The van der Waals surface area contributed by atoms with Gasteiger partial charge >= 0.3 is 0 Å². The molecule has 4 nitrogen and oxygen atoms in total. The molecule has 3 aromatic rings. The maximum absolute atomic E-state index is 12.3. The molecule has 5 heteroatoms. The third kappa shape index (κ3) is 3.31. The van der Waals surface area contributed by atoms with Crippen LogP contribution < -0.4 is 5.43 Å². The van der Waals surface area contributed by atoms with Crippen molar-refractivity contribution in [1.82, 2.24) is 9.66 Å². The van der Waals surface area contributed by atoms with Crippen molar-refractivity contribution >= 4 is 28.7 Å². The van der Waals surface area contributed by atoms with Crippen molar-refractivity contribution in [2.45, 2.75) is 17.9 Å². The van der Waals surface area contributed by atoms with E-state index in [9.17, 15) is 4.79 Å². The molecular formula is C17H17N3OS. The average molecular weight is 311 g/mol. The van der Waals surface area contributed by atoms with Crippen LogP contribution in [0.25, 0.3) is 11.0 Å². The molecule has 0 aliphatic rings. The Bertz CT molecular complexity index is 770. The minimum atomic E-state index is -0.138. The molecule has 1 heterocycles. The molecule has 0 fully saturated rings. The molecule has 1 atom stereocenters. The Balaban J connectivity index is 1.61. The zero-order chi connectivity index (χ0) is 15.4. The predicted molar refractivity (Wildman–Crippen MR) is 91.3 cm³/mol. The van der Waals surface area contributed by atoms with Crippen molar-refractivity contribution in [3.63, 3.8) is 0 Å². The van der Waals surface area contributed by atoms with E-state index >= 15 is 0 Å². The number of nitrogens with zero attached hydrogens (tertiary/aromatic N) is 2. The van der Waals surface area contributed by atoms with Gasteiger partial charge in [-0.1, -0.05) is 42.5 Å². The van der Waals surface area contributed by atoms with Gasteiger partial charge in [0.25, 0.3) is 5.91 Å². The molecule has 0 spiro atoms. The van der Waals surface area contributed by atoms with Crippen LogP contribution in [0.1, 0.15) is 12.5 Å². The van der Waals surface area contributed by atoms with Crippen LogP contribution in [0.4, 0.5) is 0 Å². The predicted octanol–water partition coefficient (Wildman–Crippen LogP) is 3.43. The van der Waals surface area contributed by atoms with Gasteiger partial charge in [0.05, 0.1) is 16.3 Å². The number of nitrogens with one attached hydrogen (secondary N) is 1. The molecule has 1 aromatic heterocycles. The molecule has 2 aromatic carbocycles. The van der Waals surface area contributed by atoms with E-state index in [1.807, 2.05) is 49.4 Å². The lowest BCUT2D eigenvalue weighted by atomic mass is 10.2. The highest BCUT2D eigenvalue weighted by atomic mass is 32.2. The number of amides is 1. The molecule has 1 N–H and O–H groups in total. The van der Waals surface area contributed by atoms with Crippen LogP contribution in [-0.2, 0) is 10.5 Å². The quantitative estimate of drug-likeness (QED) is 0.785. The van der Waals surface area contributed by atoms with E-state index < -0.39 is 0 Å². The van der Waals surface area contributed by atoms with Gasteiger partial charge in [-0.3, -0.25) is 10.2 Å². The van der Waals surface area contributed by atoms with Crippen LogP contribution in [0.15, 0.2) is 60.9 Å². The summed E-state index contributed by atoms with van der Waals surface area (Å²) in [6, 6.07) is 17.9. The summed E-state index contributed by atoms with van der Waals surface area (Å²) in [6.45, 7) is 1.92. The Labute approximate surface area is 133 Å². The maximum Gasteiger partial charge on any atom is 0.251 e. The summed E-state index contributed by atoms with van der Waals surface area (Å²) in [5.41, 5.74) is 5.88. The number of fused-ring (bicyclic) bond motifs is 1. The number of carbonyl (C=O) groups is 1. The zero-order valence-electron chi connectivity index (χ0n) is 12.3. The van der Waals surface area contributed by atoms with Crippen LogP contribution >= 0.6 is 11.8 Å². The second kappa shape index (κ2) is 6.66. The van der Waals surface area contributed by atoms with Gasteiger partial charge in [-0.2, -0.15) is 0 Å². The average Bonchev–Trinajstić information content (AvgIpc) is 2.97. The number of hydrogen-bond acceptors (Lipinski definition) is 3. The molecule has 0 aliphatic carbocycles. The van der Waals surface area contributed by atoms with E-state index in [1.165, 1.54) is 5.56 Å². The Morgan fingerprint density at radius 1 is 1.18 bits per heavy atom. The maximum atomic E-state index is 12.3. The summed E-state index contributed by atoms with van der Waals surface area (Å²) >= 11 is 1.62. The molecule has 0 aliphatic heterocycles. The summed E-state index contributed by atoms with van der Waals surface area (Å²) in [4.78, 5) is 16.6. The fourth-order valence-corrected chi connectivity index (χ4v) is 2.97. The molecule has 1 amide bonds. The summed E-state index contributed by atoms with van der Waals surface area (Å²) in [5.74, 6) is 0.796. The second-order valence-corrected chi connectivity index (χ2v) is 6.35. The third-order valence-electron chi connectivity index (χ3n) is 3.40. The van der Waals surface area contributed by atoms with Gasteiger partial charge in [-0.25, -0.2) is 9.66 Å². The Morgan fingerprint density at radius 3 is 2.73 bits per heavy atom. The first kappa shape index (κ1) is 14.7. The number of imidazole rings is 1. The highest BCUT2D eigenvalue weighted by Gasteiger charge is 2.14. The molecule has 0 radical (unpaired) electrons. The van der Waals surface area contributed by atoms with E-state index in [0.29, 0.717) is 0 Å². The van der Waals surface area contributed by atoms with Crippen LogP contribution in [0.5, 0.6) is 0 Å². The molecule has 112 valence electrons. The Kier molecular flexibility index (Phi) is 4.44. The van der Waals surface area contributed by atoms with Crippen LogP contribution in [-0.4, -0.2) is 20.8 Å². The fraction of sp³-hybridized carbons (Fsp3) is 0.176. The number of carbonyl (C=O) groups excluding carboxylic acids is 1. The Hall–Kier alpha value is -2.27. The molecule has 3 rings (SSSR count). The van der Waals surface area contributed by atoms with E-state index in [-0.39, 0.29) is 11.2 Å². The highest BCUT2D eigenvalue weighted by molar-refractivity contribution is 7.99. The van der Waals surface area contributed by atoms with Crippen molar-refractivity contribution < 1.29 is 4.79 Å². The lowest BCUT2D eigenvalue weighted by Gasteiger charge is -2.13. The smallest absolute Gasteiger partial charge is 0.251 e. The first-order valence-electron chi connectivity index (χ1n) is 7.12. The lowest BCUT2D eigenvalue weighted by Crippen LogP contribution is -2.29. The second-order valence-electron chi connectivity index (χ2n) is 5.02. The summed E-state index contributed by atoms with van der Waals surface area (Å²) < 4.78 is 1.68. The molecular weight excluding hydrogens is 294 g/mol. The third-order valence-corrected chi connectivity index (χ3v) is 4.61. The van der Waals surface area contributed by atoms with E-state index in [1.54, 1.807) is 22.8 Å². The zero-order valence-corrected chi connectivity index (χ0v) is 13.1. The molecule has 1 unspecified atom stereocenters. The molecule has 0 bridgehead atoms. The van der Waals surface area contributed by atoms with Crippen LogP contribution in [0, 0.1) is 0 Å². The normalized spacial score (nSPS) is 12.2. The molecule has 0 saturated carbocycles. The van der Waals surface area contributed by atoms with E-state index in [4.69, 9.17) is 0 Å². The largest absolute Gasteiger partial charge is 0.272 e. The van der Waals surface area contributed by atoms with Crippen molar-refractivity contribution in [3.8, 4) is 0 Å². The standard InChI is InChI=1S/C17H17N3OS/c1-13(22-11-14-7-3-2-4-8-14)17(21)19-20-12-18-15-9-5-6-10-16(15)20/h2-10,12-13H,11H2,1H3,(H,19,21). The number of para-hydroxylation sites is 2. The number of thioether (sulfide) groups is 1. The number of benzene rings is 2. The van der Waals surface area contributed by atoms with Gasteiger partial charge in [0.2, 0.25) is 0 Å². The number of aromatic nitrogens is 2. The lowest BCUT2D eigenvalue weighted by molar-refractivity contribution is -0.116. The van der Waals surface area contributed by atoms with E-state index in [0.717, 1.165) is 16.8 Å². The van der Waals surface area contributed by atoms with Crippen molar-refractivity contribution in [3.05, 3.63) is 66.5 Å². The number of rotatable bonds is 5. The van der Waals surface area contributed by atoms with Gasteiger partial charge in [-0.15, -0.1) is 11.8 Å². The first-order valence-corrected chi connectivity index (χ1v) is 8.17. The van der Waals surface area contributed by atoms with Gasteiger partial charge in [0, 0.05) is 5.75 Å². The Morgan fingerprint density at radius 2 is 1.91 bits per heavy atom. The van der Waals surface area contributed by atoms with E-state index in [2.05, 4.69) is 22.5 Å². The summed E-state index contributed by atoms with van der Waals surface area (Å²) in [7, 11) is 0. The van der Waals surface area contributed by atoms with Crippen molar-refractivity contribution in [2.24, 2.45) is 0 Å². The molecule has 0 saturated heterocycles. The van der Waals surface area contributed by atoms with Crippen molar-refractivity contribution in [2.75, 3.05) is 5.43 Å². The summed E-state index contributed by atoms with van der Waals surface area (Å²) in [5, 5.41) is -0.138. The highest BCUT2D eigenvalue weighted by Crippen LogP contribution is 2.18. The fourth-order valence-electron chi connectivity index (χ4n) is 2.13. The molecule has 22 heavy (non-hydrogen) atoms. The van der Waals surface area contributed by atoms with Crippen molar-refractivity contribution in [1.29, 1.82) is 0 Å². The first-order chi connectivity index (χ1) is 10.7. The van der Waals surface area contributed by atoms with Gasteiger partial charge < -0.3 is 0 Å². The summed E-state index contributed by atoms with van der Waals surface area (Å²) in [6.07, 6.45) is 1.64. The van der Waals surface area contributed by atoms with Gasteiger partial charge in [0.15, 0.2) is 0 Å².